The lowest BCUT2D eigenvalue weighted by molar-refractivity contribution is -0.137. The number of rotatable bonds is 10. The molecule has 1 amide bonds. The van der Waals surface area contributed by atoms with E-state index in [1.54, 1.807) is 0 Å². The van der Waals surface area contributed by atoms with Crippen molar-refractivity contribution in [1.29, 1.82) is 0 Å². The Morgan fingerprint density at radius 2 is 1.92 bits per heavy atom. The zero-order valence-corrected chi connectivity index (χ0v) is 31.5. The second kappa shape index (κ2) is 13.2. The molecule has 7 unspecified atom stereocenters. The fraction of sp³-hybridized carbons (Fsp3) is 0.548. The SMILES string of the molecule is CC/C=C(\NC(C)C(C)CCCC)c1ccc2c(c1)cc1n2C(C)Oc2cc(C3=CN(C)C(C4C5CCC5N4C(=O)OC(C)(C)C)N3)ccc2-1. The monoisotopic (exact) mass is 679 g/mol. The van der Waals surface area contributed by atoms with Gasteiger partial charge >= 0.3 is 6.09 Å². The number of fused-ring (bicyclic) bond motifs is 6. The number of amides is 1. The fourth-order valence-electron chi connectivity index (χ4n) is 8.47. The standard InChI is InChI=1S/C42H57N5O3/c1-10-12-14-25(3)26(4)43-33(13-11-2)28-16-19-35-30(21-28)22-37-31-17-15-29(23-38(31)49-27(5)46(35)37)34-24-45(9)40(44-34)39-32-18-20-36(32)47(39)41(48)50-42(6,7)8/h13,15-17,19,21-27,32,36,39-40,43-44H,10-12,14,18,20H2,1-9H3/b33-13-. The van der Waals surface area contributed by atoms with E-state index in [0.717, 1.165) is 41.8 Å². The number of unbranched alkanes of at least 4 members (excludes halogenated alkanes) is 1. The molecule has 7 atom stereocenters. The van der Waals surface area contributed by atoms with Crippen LogP contribution in [0.25, 0.3) is 33.6 Å². The third kappa shape index (κ3) is 6.13. The van der Waals surface area contributed by atoms with Crippen molar-refractivity contribution in [3.63, 3.8) is 0 Å². The van der Waals surface area contributed by atoms with Gasteiger partial charge in [-0.15, -0.1) is 0 Å². The number of carbonyl (C=O) groups is 1. The average molecular weight is 680 g/mol. The number of aromatic nitrogens is 1. The molecule has 2 fully saturated rings. The third-order valence-corrected chi connectivity index (χ3v) is 11.4. The van der Waals surface area contributed by atoms with Crippen LogP contribution in [0.3, 0.4) is 0 Å². The first-order valence-electron chi connectivity index (χ1n) is 19.0. The number of hydrogen-bond acceptors (Lipinski definition) is 6. The van der Waals surface area contributed by atoms with Crippen molar-refractivity contribution in [1.82, 2.24) is 25.0 Å². The number of nitrogens with one attached hydrogen (secondary N) is 2. The molecule has 7 rings (SSSR count). The van der Waals surface area contributed by atoms with Crippen molar-refractivity contribution in [3.05, 3.63) is 65.9 Å². The Kier molecular flexibility index (Phi) is 9.10. The molecule has 8 nitrogen and oxygen atoms in total. The molecular weight excluding hydrogens is 622 g/mol. The van der Waals surface area contributed by atoms with Crippen LogP contribution in [-0.4, -0.2) is 57.4 Å². The highest BCUT2D eigenvalue weighted by molar-refractivity contribution is 5.91. The van der Waals surface area contributed by atoms with E-state index >= 15 is 0 Å². The summed E-state index contributed by atoms with van der Waals surface area (Å²) in [6.07, 6.45) is 11.1. The minimum Gasteiger partial charge on any atom is -0.470 e. The van der Waals surface area contributed by atoms with E-state index in [1.165, 1.54) is 47.1 Å². The first-order valence-corrected chi connectivity index (χ1v) is 19.0. The molecular formula is C42H57N5O3. The number of likely N-dealkylation sites (tertiary alicyclic amines) is 1. The van der Waals surface area contributed by atoms with Crippen molar-refractivity contribution in [2.24, 2.45) is 11.8 Å². The number of benzene rings is 2. The lowest BCUT2D eigenvalue weighted by Gasteiger charge is -2.63. The van der Waals surface area contributed by atoms with Gasteiger partial charge in [-0.3, -0.25) is 4.90 Å². The number of likely N-dealkylation sites (N-methyl/N-ethyl adjacent to an activating group) is 1. The molecule has 3 aliphatic heterocycles. The topological polar surface area (TPSA) is 71.0 Å². The Morgan fingerprint density at radius 1 is 1.12 bits per heavy atom. The normalized spacial score (nSPS) is 25.3. The molecule has 4 heterocycles. The molecule has 1 aliphatic carbocycles. The van der Waals surface area contributed by atoms with Crippen molar-refractivity contribution in [3.8, 4) is 17.0 Å². The van der Waals surface area contributed by atoms with E-state index in [-0.39, 0.29) is 24.5 Å². The van der Waals surface area contributed by atoms with Crippen LogP contribution < -0.4 is 15.4 Å². The molecule has 0 spiro atoms. The van der Waals surface area contributed by atoms with Gasteiger partial charge in [0.2, 0.25) is 0 Å². The van der Waals surface area contributed by atoms with Crippen LogP contribution in [0.4, 0.5) is 4.79 Å². The lowest BCUT2D eigenvalue weighted by atomic mass is 9.64. The minimum absolute atomic E-state index is 0.00431. The first-order chi connectivity index (χ1) is 23.9. The Hall–Kier alpha value is -4.07. The maximum absolute atomic E-state index is 13.2. The summed E-state index contributed by atoms with van der Waals surface area (Å²) in [7, 11) is 2.10. The first kappa shape index (κ1) is 34.4. The summed E-state index contributed by atoms with van der Waals surface area (Å²) in [6, 6.07) is 16.5. The molecule has 2 N–H and O–H groups in total. The van der Waals surface area contributed by atoms with Gasteiger partial charge in [-0.25, -0.2) is 4.79 Å². The number of ether oxygens (including phenoxy) is 2. The average Bonchev–Trinajstić information content (AvgIpc) is 3.63. The van der Waals surface area contributed by atoms with E-state index in [0.29, 0.717) is 23.9 Å². The van der Waals surface area contributed by atoms with Crippen molar-refractivity contribution >= 4 is 28.4 Å². The van der Waals surface area contributed by atoms with Gasteiger partial charge in [0.15, 0.2) is 6.23 Å². The smallest absolute Gasteiger partial charge is 0.410 e. The van der Waals surface area contributed by atoms with Gasteiger partial charge in [-0.2, -0.15) is 0 Å². The zero-order valence-electron chi connectivity index (χ0n) is 31.5. The zero-order chi connectivity index (χ0) is 35.5. The van der Waals surface area contributed by atoms with Crippen molar-refractivity contribution in [2.45, 2.75) is 130 Å². The van der Waals surface area contributed by atoms with E-state index < -0.39 is 5.60 Å². The van der Waals surface area contributed by atoms with Gasteiger partial charge in [0, 0.05) is 53.5 Å². The Morgan fingerprint density at radius 3 is 2.62 bits per heavy atom. The summed E-state index contributed by atoms with van der Waals surface area (Å²) in [5, 5.41) is 8.85. The van der Waals surface area contributed by atoms with Crippen LogP contribution >= 0.6 is 0 Å². The molecule has 268 valence electrons. The second-order valence-corrected chi connectivity index (χ2v) is 16.2. The van der Waals surface area contributed by atoms with Gasteiger partial charge in [-0.1, -0.05) is 51.8 Å². The van der Waals surface area contributed by atoms with E-state index in [9.17, 15) is 4.79 Å². The lowest BCUT2D eigenvalue weighted by Crippen LogP contribution is -2.76. The van der Waals surface area contributed by atoms with E-state index in [1.807, 2.05) is 25.7 Å². The van der Waals surface area contributed by atoms with Crippen LogP contribution in [0, 0.1) is 11.8 Å². The van der Waals surface area contributed by atoms with Crippen molar-refractivity contribution < 1.29 is 14.3 Å². The van der Waals surface area contributed by atoms with Gasteiger partial charge < -0.3 is 29.6 Å². The molecule has 50 heavy (non-hydrogen) atoms. The maximum Gasteiger partial charge on any atom is 0.410 e. The molecule has 1 aromatic heterocycles. The third-order valence-electron chi connectivity index (χ3n) is 11.4. The molecule has 1 saturated carbocycles. The van der Waals surface area contributed by atoms with Crippen LogP contribution in [-0.2, 0) is 4.74 Å². The molecule has 3 aromatic rings. The predicted molar refractivity (Wildman–Crippen MR) is 203 cm³/mol. The molecule has 8 heteroatoms. The van der Waals surface area contributed by atoms with E-state index in [4.69, 9.17) is 9.47 Å². The maximum atomic E-state index is 13.2. The second-order valence-electron chi connectivity index (χ2n) is 16.2. The van der Waals surface area contributed by atoms with Crippen LogP contribution in [0.1, 0.15) is 111 Å². The van der Waals surface area contributed by atoms with Gasteiger partial charge in [0.25, 0.3) is 0 Å². The van der Waals surface area contributed by atoms with Gasteiger partial charge in [0.1, 0.15) is 17.5 Å². The number of nitrogens with zero attached hydrogens (tertiary/aromatic N) is 3. The Balaban J connectivity index is 1.11. The minimum atomic E-state index is -0.513. The summed E-state index contributed by atoms with van der Waals surface area (Å²) >= 11 is 0. The number of allylic oxidation sites excluding steroid dienone is 1. The highest BCUT2D eigenvalue weighted by Gasteiger charge is 2.60. The number of carbonyl (C=O) groups excluding carboxylic acids is 1. The van der Waals surface area contributed by atoms with E-state index in [2.05, 4.69) is 117 Å². The molecule has 1 saturated heterocycles. The van der Waals surface area contributed by atoms with Crippen LogP contribution in [0.15, 0.2) is 54.7 Å². The summed E-state index contributed by atoms with van der Waals surface area (Å²) in [5.41, 5.74) is 7.50. The highest BCUT2D eigenvalue weighted by Crippen LogP contribution is 2.50. The molecule has 0 radical (unpaired) electrons. The molecule has 4 aliphatic rings. The van der Waals surface area contributed by atoms with Crippen molar-refractivity contribution in [2.75, 3.05) is 7.05 Å². The summed E-state index contributed by atoms with van der Waals surface area (Å²) in [4.78, 5) is 17.4. The molecule has 2 aromatic carbocycles. The summed E-state index contributed by atoms with van der Waals surface area (Å²) in [5.74, 6) is 2.01. The largest absolute Gasteiger partial charge is 0.470 e. The Labute approximate surface area is 298 Å². The number of piperidine rings is 1. The van der Waals surface area contributed by atoms with Gasteiger partial charge in [0.05, 0.1) is 22.9 Å². The molecule has 0 bridgehead atoms. The Bertz CT molecular complexity index is 1820. The number of hydrogen-bond donors (Lipinski definition) is 2. The van der Waals surface area contributed by atoms with Crippen LogP contribution in [0.5, 0.6) is 5.75 Å². The summed E-state index contributed by atoms with van der Waals surface area (Å²) in [6.45, 7) is 17.1. The predicted octanol–water partition coefficient (Wildman–Crippen LogP) is 9.33. The quantitative estimate of drug-likeness (QED) is 0.223. The van der Waals surface area contributed by atoms with Crippen LogP contribution in [0.2, 0.25) is 0 Å². The highest BCUT2D eigenvalue weighted by atomic mass is 16.6. The fourth-order valence-corrected chi connectivity index (χ4v) is 8.47. The van der Waals surface area contributed by atoms with Gasteiger partial charge in [-0.05, 0) is 102 Å². The summed E-state index contributed by atoms with van der Waals surface area (Å²) < 4.78 is 14.8.